The molecule has 0 fully saturated rings. The van der Waals surface area contributed by atoms with E-state index in [0.717, 1.165) is 0 Å². The summed E-state index contributed by atoms with van der Waals surface area (Å²) in [7, 11) is 0. The molecule has 0 N–H and O–H groups in total. The summed E-state index contributed by atoms with van der Waals surface area (Å²) >= 11 is 0. The number of Topliss-reactive ketones (excluding diaryl/α,β-unsaturated/α-hetero) is 2. The maximum Gasteiger partial charge on any atom is 0.270 e. The average molecular weight is 279 g/mol. The van der Waals surface area contributed by atoms with Crippen molar-refractivity contribution in [1.82, 2.24) is 0 Å². The molecule has 102 valence electrons. The van der Waals surface area contributed by atoms with Crippen LogP contribution in [0.15, 0.2) is 48.5 Å². The maximum atomic E-state index is 12.0. The minimum atomic E-state index is -0.581. The largest absolute Gasteiger partial charge is 0.285 e. The van der Waals surface area contributed by atoms with Gasteiger partial charge in [0.05, 0.1) is 4.92 Å². The van der Waals surface area contributed by atoms with Gasteiger partial charge >= 0.3 is 0 Å². The number of ketones is 2. The first-order valence-corrected chi connectivity index (χ1v) is 6.22. The number of nitro benzene ring substituents is 1. The van der Waals surface area contributed by atoms with Crippen LogP contribution in [0.3, 0.4) is 0 Å². The molecular weight excluding hydrogens is 270 g/mol. The zero-order valence-electron chi connectivity index (χ0n) is 10.8. The SMILES string of the molecule is O=C1C(=O)c2ccccc2/C1=C/c1cccc([N+](=O)[O-])c1. The van der Waals surface area contributed by atoms with E-state index >= 15 is 0 Å². The molecule has 21 heavy (non-hydrogen) atoms. The number of allylic oxidation sites excluding steroid dienone is 1. The number of rotatable bonds is 2. The second-order valence-corrected chi connectivity index (χ2v) is 4.61. The number of hydrogen-bond acceptors (Lipinski definition) is 4. The lowest BCUT2D eigenvalue weighted by molar-refractivity contribution is -0.384. The Morgan fingerprint density at radius 1 is 0.905 bits per heavy atom. The van der Waals surface area contributed by atoms with Crippen molar-refractivity contribution in [2.45, 2.75) is 0 Å². The van der Waals surface area contributed by atoms with Crippen molar-refractivity contribution >= 4 is 28.9 Å². The summed E-state index contributed by atoms with van der Waals surface area (Å²) < 4.78 is 0. The molecule has 0 bridgehead atoms. The third-order valence-corrected chi connectivity index (χ3v) is 3.30. The summed E-state index contributed by atoms with van der Waals surface area (Å²) in [6.07, 6.45) is 1.51. The Morgan fingerprint density at radius 2 is 1.62 bits per heavy atom. The molecule has 5 heteroatoms. The van der Waals surface area contributed by atoms with Gasteiger partial charge in [-0.25, -0.2) is 0 Å². The highest BCUT2D eigenvalue weighted by molar-refractivity contribution is 6.64. The van der Waals surface area contributed by atoms with Gasteiger partial charge in [-0.05, 0) is 17.2 Å². The van der Waals surface area contributed by atoms with E-state index in [2.05, 4.69) is 0 Å². The Hall–Kier alpha value is -3.08. The molecular formula is C16H9NO4. The van der Waals surface area contributed by atoms with Gasteiger partial charge in [0.1, 0.15) is 0 Å². The minimum absolute atomic E-state index is 0.0607. The summed E-state index contributed by atoms with van der Waals surface area (Å²) in [5.74, 6) is -1.12. The van der Waals surface area contributed by atoms with E-state index in [1.807, 2.05) is 0 Å². The van der Waals surface area contributed by atoms with Crippen molar-refractivity contribution in [3.05, 3.63) is 75.3 Å². The molecule has 0 heterocycles. The lowest BCUT2D eigenvalue weighted by Gasteiger charge is -1.99. The number of benzene rings is 2. The topological polar surface area (TPSA) is 77.3 Å². The summed E-state index contributed by atoms with van der Waals surface area (Å²) in [6, 6.07) is 12.7. The van der Waals surface area contributed by atoms with Crippen molar-refractivity contribution in [3.63, 3.8) is 0 Å². The van der Waals surface area contributed by atoms with E-state index in [4.69, 9.17) is 0 Å². The molecule has 3 rings (SSSR count). The summed E-state index contributed by atoms with van der Waals surface area (Å²) in [6.45, 7) is 0. The third-order valence-electron chi connectivity index (χ3n) is 3.30. The smallest absolute Gasteiger partial charge is 0.270 e. The van der Waals surface area contributed by atoms with Crippen LogP contribution in [0.2, 0.25) is 0 Å². The van der Waals surface area contributed by atoms with Gasteiger partial charge in [0.2, 0.25) is 11.6 Å². The van der Waals surface area contributed by atoms with Crippen LogP contribution in [0.4, 0.5) is 5.69 Å². The van der Waals surface area contributed by atoms with Crippen LogP contribution in [0.25, 0.3) is 11.6 Å². The Bertz CT molecular complexity index is 821. The van der Waals surface area contributed by atoms with Crippen molar-refractivity contribution in [1.29, 1.82) is 0 Å². The number of fused-ring (bicyclic) bond motifs is 1. The Balaban J connectivity index is 2.12. The highest BCUT2D eigenvalue weighted by atomic mass is 16.6. The summed E-state index contributed by atoms with van der Waals surface area (Å²) in [4.78, 5) is 34.2. The fraction of sp³-hybridized carbons (Fsp3) is 0. The van der Waals surface area contributed by atoms with Crippen LogP contribution in [0.5, 0.6) is 0 Å². The Morgan fingerprint density at radius 3 is 2.33 bits per heavy atom. The molecule has 0 aliphatic heterocycles. The van der Waals surface area contributed by atoms with E-state index in [0.29, 0.717) is 16.7 Å². The lowest BCUT2D eigenvalue weighted by atomic mass is 10.0. The highest BCUT2D eigenvalue weighted by Gasteiger charge is 2.32. The molecule has 1 aliphatic carbocycles. The minimum Gasteiger partial charge on any atom is -0.285 e. The normalized spacial score (nSPS) is 15.3. The van der Waals surface area contributed by atoms with Gasteiger partial charge in [-0.15, -0.1) is 0 Å². The van der Waals surface area contributed by atoms with Gasteiger partial charge in [-0.1, -0.05) is 36.4 Å². The second-order valence-electron chi connectivity index (χ2n) is 4.61. The first-order valence-electron chi connectivity index (χ1n) is 6.22. The fourth-order valence-electron chi connectivity index (χ4n) is 2.32. The van der Waals surface area contributed by atoms with E-state index in [1.165, 1.54) is 24.3 Å². The van der Waals surface area contributed by atoms with Crippen LogP contribution < -0.4 is 0 Å². The molecule has 0 amide bonds. The van der Waals surface area contributed by atoms with Crippen LogP contribution in [0.1, 0.15) is 21.5 Å². The van der Waals surface area contributed by atoms with Crippen molar-refractivity contribution in [3.8, 4) is 0 Å². The van der Waals surface area contributed by atoms with Crippen LogP contribution in [-0.2, 0) is 4.79 Å². The predicted octanol–water partition coefficient (Wildman–Crippen LogP) is 2.90. The molecule has 0 aromatic heterocycles. The molecule has 0 radical (unpaired) electrons. The molecule has 0 atom stereocenters. The Kier molecular flexibility index (Phi) is 2.95. The van der Waals surface area contributed by atoms with Gasteiger partial charge in [0.15, 0.2) is 0 Å². The van der Waals surface area contributed by atoms with Crippen molar-refractivity contribution < 1.29 is 14.5 Å². The van der Waals surface area contributed by atoms with E-state index < -0.39 is 16.5 Å². The standard InChI is InChI=1S/C16H9NO4/c18-15-13-7-2-1-6-12(13)14(16(15)19)9-10-4-3-5-11(8-10)17(20)21/h1-9H/b14-9-. The second kappa shape index (κ2) is 4.79. The molecule has 0 saturated heterocycles. The maximum absolute atomic E-state index is 12.0. The Labute approximate surface area is 119 Å². The van der Waals surface area contributed by atoms with Crippen LogP contribution in [-0.4, -0.2) is 16.5 Å². The summed E-state index contributed by atoms with van der Waals surface area (Å²) in [5, 5.41) is 10.8. The van der Waals surface area contributed by atoms with Gasteiger partial charge in [-0.3, -0.25) is 19.7 Å². The van der Waals surface area contributed by atoms with Gasteiger partial charge in [0, 0.05) is 23.3 Å². The predicted molar refractivity (Wildman–Crippen MR) is 76.7 cm³/mol. The number of carbonyl (C=O) groups excluding carboxylic acids is 2. The first kappa shape index (κ1) is 12.9. The number of carbonyl (C=O) groups is 2. The van der Waals surface area contributed by atoms with E-state index in [9.17, 15) is 19.7 Å². The summed E-state index contributed by atoms with van der Waals surface area (Å²) in [5.41, 5.74) is 1.67. The monoisotopic (exact) mass is 279 g/mol. The van der Waals surface area contributed by atoms with Crippen LogP contribution >= 0.6 is 0 Å². The van der Waals surface area contributed by atoms with Crippen molar-refractivity contribution in [2.24, 2.45) is 0 Å². The number of nitro groups is 1. The lowest BCUT2D eigenvalue weighted by Crippen LogP contribution is -2.05. The van der Waals surface area contributed by atoms with E-state index in [-0.39, 0.29) is 11.3 Å². The van der Waals surface area contributed by atoms with Gasteiger partial charge < -0.3 is 0 Å². The molecule has 0 spiro atoms. The quantitative estimate of drug-likeness (QED) is 0.366. The number of non-ortho nitro benzene ring substituents is 1. The number of hydrogen-bond donors (Lipinski definition) is 0. The third kappa shape index (κ3) is 2.14. The van der Waals surface area contributed by atoms with Gasteiger partial charge in [0.25, 0.3) is 5.69 Å². The van der Waals surface area contributed by atoms with Crippen LogP contribution in [0, 0.1) is 10.1 Å². The number of nitrogens with zero attached hydrogens (tertiary/aromatic N) is 1. The van der Waals surface area contributed by atoms with Gasteiger partial charge in [-0.2, -0.15) is 0 Å². The molecule has 5 nitrogen and oxygen atoms in total. The molecule has 2 aromatic carbocycles. The molecule has 0 unspecified atom stereocenters. The molecule has 2 aromatic rings. The van der Waals surface area contributed by atoms with Crippen molar-refractivity contribution in [2.75, 3.05) is 0 Å². The fourth-order valence-corrected chi connectivity index (χ4v) is 2.32. The van der Waals surface area contributed by atoms with E-state index in [1.54, 1.807) is 30.3 Å². The zero-order chi connectivity index (χ0) is 15.0. The zero-order valence-corrected chi connectivity index (χ0v) is 10.8. The highest BCUT2D eigenvalue weighted by Crippen LogP contribution is 2.31. The molecule has 0 saturated carbocycles. The molecule has 1 aliphatic rings. The first-order chi connectivity index (χ1) is 10.1. The average Bonchev–Trinajstić information content (AvgIpc) is 2.73.